The van der Waals surface area contributed by atoms with Crippen molar-refractivity contribution in [3.8, 4) is 11.3 Å². The van der Waals surface area contributed by atoms with Crippen molar-refractivity contribution in [3.05, 3.63) is 41.1 Å². The topological polar surface area (TPSA) is 54.7 Å². The summed E-state index contributed by atoms with van der Waals surface area (Å²) in [5.41, 5.74) is 11.6. The Morgan fingerprint density at radius 2 is 2.12 bits per heavy atom. The molecule has 2 rings (SSSR count). The summed E-state index contributed by atoms with van der Waals surface area (Å²) >= 11 is 0. The highest BCUT2D eigenvalue weighted by atomic mass is 15.1. The van der Waals surface area contributed by atoms with E-state index in [-0.39, 0.29) is 0 Å². The van der Waals surface area contributed by atoms with Gasteiger partial charge in [0.25, 0.3) is 0 Å². The maximum Gasteiger partial charge on any atom is 0.0697 e. The summed E-state index contributed by atoms with van der Waals surface area (Å²) in [4.78, 5) is 0. The average Bonchev–Trinajstić information content (AvgIpc) is 2.77. The number of nitrogens with one attached hydrogen (secondary N) is 1. The summed E-state index contributed by atoms with van der Waals surface area (Å²) in [7, 11) is 0. The van der Waals surface area contributed by atoms with Crippen molar-refractivity contribution in [2.75, 3.05) is 0 Å². The van der Waals surface area contributed by atoms with Gasteiger partial charge >= 0.3 is 0 Å². The van der Waals surface area contributed by atoms with Crippen molar-refractivity contribution < 1.29 is 0 Å². The smallest absolute Gasteiger partial charge is 0.0697 e. The number of hydrogen-bond donors (Lipinski definition) is 2. The van der Waals surface area contributed by atoms with E-state index < -0.39 is 0 Å². The minimum absolute atomic E-state index is 0.511. The normalized spacial score (nSPS) is 11.1. The molecule has 3 N–H and O–H groups in total. The average molecular weight is 229 g/mol. The van der Waals surface area contributed by atoms with Crippen LogP contribution in [0.15, 0.2) is 24.4 Å². The van der Waals surface area contributed by atoms with E-state index in [4.69, 9.17) is 5.73 Å². The summed E-state index contributed by atoms with van der Waals surface area (Å²) in [6, 6.07) is 6.57. The molecular formula is C14H19N3. The largest absolute Gasteiger partial charge is 0.326 e. The molecular weight excluding hydrogens is 210 g/mol. The number of aromatic nitrogens is 2. The van der Waals surface area contributed by atoms with Crippen LogP contribution in [0.3, 0.4) is 0 Å². The second kappa shape index (κ2) is 4.72. The van der Waals surface area contributed by atoms with Gasteiger partial charge in [-0.25, -0.2) is 0 Å². The lowest BCUT2D eigenvalue weighted by Crippen LogP contribution is -1.98. The third kappa shape index (κ3) is 2.24. The van der Waals surface area contributed by atoms with Gasteiger partial charge in [0.1, 0.15) is 0 Å². The molecule has 1 aromatic heterocycles. The van der Waals surface area contributed by atoms with E-state index in [0.29, 0.717) is 12.5 Å². The van der Waals surface area contributed by atoms with E-state index in [1.807, 2.05) is 0 Å². The lowest BCUT2D eigenvalue weighted by atomic mass is 9.95. The van der Waals surface area contributed by atoms with Gasteiger partial charge in [0.05, 0.1) is 11.9 Å². The SMILES string of the molecule is Cc1ccc(C(C)C)cc1-c1[nH]ncc1CN. The zero-order chi connectivity index (χ0) is 12.4. The number of nitrogens with two attached hydrogens (primary N) is 1. The van der Waals surface area contributed by atoms with Gasteiger partial charge < -0.3 is 5.73 Å². The van der Waals surface area contributed by atoms with Crippen LogP contribution in [0.1, 0.15) is 36.5 Å². The van der Waals surface area contributed by atoms with Gasteiger partial charge in [0.15, 0.2) is 0 Å². The molecule has 1 heterocycles. The van der Waals surface area contributed by atoms with Crippen molar-refractivity contribution in [3.63, 3.8) is 0 Å². The van der Waals surface area contributed by atoms with Crippen molar-refractivity contribution in [1.82, 2.24) is 10.2 Å². The summed E-state index contributed by atoms with van der Waals surface area (Å²) in [6.45, 7) is 7.02. The van der Waals surface area contributed by atoms with Gasteiger partial charge in [-0.1, -0.05) is 26.0 Å². The van der Waals surface area contributed by atoms with Crippen LogP contribution in [0.2, 0.25) is 0 Å². The zero-order valence-electron chi connectivity index (χ0n) is 10.6. The first-order chi connectivity index (χ1) is 8.13. The molecule has 0 aliphatic rings. The van der Waals surface area contributed by atoms with Crippen LogP contribution in [0.5, 0.6) is 0 Å². The molecule has 0 aliphatic heterocycles. The minimum atomic E-state index is 0.511. The highest BCUT2D eigenvalue weighted by Crippen LogP contribution is 2.28. The first kappa shape index (κ1) is 11.9. The van der Waals surface area contributed by atoms with Gasteiger partial charge in [-0.15, -0.1) is 0 Å². The molecule has 90 valence electrons. The molecule has 0 aliphatic carbocycles. The van der Waals surface area contributed by atoms with E-state index >= 15 is 0 Å². The fourth-order valence-electron chi connectivity index (χ4n) is 1.97. The lowest BCUT2D eigenvalue weighted by Gasteiger charge is -2.11. The van der Waals surface area contributed by atoms with Gasteiger partial charge in [-0.3, -0.25) is 5.10 Å². The van der Waals surface area contributed by atoms with Crippen LogP contribution >= 0.6 is 0 Å². The van der Waals surface area contributed by atoms with Gasteiger partial charge in [-0.2, -0.15) is 5.10 Å². The van der Waals surface area contributed by atoms with Crippen molar-refractivity contribution in [2.45, 2.75) is 33.2 Å². The number of benzene rings is 1. The van der Waals surface area contributed by atoms with Crippen LogP contribution in [0, 0.1) is 6.92 Å². The third-order valence-corrected chi connectivity index (χ3v) is 3.14. The Kier molecular flexibility index (Phi) is 3.29. The van der Waals surface area contributed by atoms with E-state index in [2.05, 4.69) is 49.2 Å². The Hall–Kier alpha value is -1.61. The second-order valence-corrected chi connectivity index (χ2v) is 4.70. The zero-order valence-corrected chi connectivity index (χ0v) is 10.6. The van der Waals surface area contributed by atoms with E-state index in [1.165, 1.54) is 16.7 Å². The molecule has 0 radical (unpaired) electrons. The predicted molar refractivity (Wildman–Crippen MR) is 70.7 cm³/mol. The molecule has 3 nitrogen and oxygen atoms in total. The van der Waals surface area contributed by atoms with Gasteiger partial charge in [-0.05, 0) is 30.0 Å². The van der Waals surface area contributed by atoms with E-state index in [0.717, 1.165) is 11.3 Å². The Morgan fingerprint density at radius 1 is 1.35 bits per heavy atom. The fourth-order valence-corrected chi connectivity index (χ4v) is 1.97. The molecule has 0 fully saturated rings. The van der Waals surface area contributed by atoms with E-state index in [1.54, 1.807) is 6.20 Å². The predicted octanol–water partition coefficient (Wildman–Crippen LogP) is 2.97. The third-order valence-electron chi connectivity index (χ3n) is 3.14. The first-order valence-corrected chi connectivity index (χ1v) is 5.96. The molecule has 0 saturated heterocycles. The van der Waals surface area contributed by atoms with Crippen molar-refractivity contribution in [2.24, 2.45) is 5.73 Å². The Bertz CT molecular complexity index is 512. The molecule has 0 bridgehead atoms. The monoisotopic (exact) mass is 229 g/mol. The first-order valence-electron chi connectivity index (χ1n) is 5.96. The Labute approximate surface area is 102 Å². The molecule has 0 unspecified atom stereocenters. The molecule has 0 spiro atoms. The minimum Gasteiger partial charge on any atom is -0.326 e. The Balaban J connectivity index is 2.54. The highest BCUT2D eigenvalue weighted by Gasteiger charge is 2.10. The second-order valence-electron chi connectivity index (χ2n) is 4.70. The fraction of sp³-hybridized carbons (Fsp3) is 0.357. The molecule has 1 aromatic carbocycles. The molecule has 0 saturated carbocycles. The van der Waals surface area contributed by atoms with Crippen LogP contribution in [0.4, 0.5) is 0 Å². The number of rotatable bonds is 3. The molecule has 0 amide bonds. The Morgan fingerprint density at radius 3 is 2.76 bits per heavy atom. The lowest BCUT2D eigenvalue weighted by molar-refractivity contribution is 0.866. The number of aryl methyl sites for hydroxylation is 1. The molecule has 3 heteroatoms. The maximum atomic E-state index is 5.72. The number of hydrogen-bond acceptors (Lipinski definition) is 2. The maximum absolute atomic E-state index is 5.72. The van der Waals surface area contributed by atoms with E-state index in [9.17, 15) is 0 Å². The summed E-state index contributed by atoms with van der Waals surface area (Å²) in [5.74, 6) is 0.526. The summed E-state index contributed by atoms with van der Waals surface area (Å²) in [6.07, 6.45) is 1.80. The van der Waals surface area contributed by atoms with Crippen molar-refractivity contribution in [1.29, 1.82) is 0 Å². The summed E-state index contributed by atoms with van der Waals surface area (Å²) in [5, 5.41) is 7.13. The van der Waals surface area contributed by atoms with Crippen LogP contribution in [0.25, 0.3) is 11.3 Å². The molecule has 17 heavy (non-hydrogen) atoms. The van der Waals surface area contributed by atoms with Crippen LogP contribution in [-0.2, 0) is 6.54 Å². The number of aromatic amines is 1. The van der Waals surface area contributed by atoms with Gasteiger partial charge in [0, 0.05) is 17.7 Å². The standard InChI is InChI=1S/C14H19N3/c1-9(2)11-5-4-10(3)13(6-11)14-12(7-15)8-16-17-14/h4-6,8-9H,7,15H2,1-3H3,(H,16,17). The van der Waals surface area contributed by atoms with Crippen LogP contribution < -0.4 is 5.73 Å². The molecule has 2 aromatic rings. The highest BCUT2D eigenvalue weighted by molar-refractivity contribution is 5.67. The quantitative estimate of drug-likeness (QED) is 0.850. The van der Waals surface area contributed by atoms with Crippen LogP contribution in [-0.4, -0.2) is 10.2 Å². The number of nitrogens with zero attached hydrogens (tertiary/aromatic N) is 1. The van der Waals surface area contributed by atoms with Gasteiger partial charge in [0.2, 0.25) is 0 Å². The van der Waals surface area contributed by atoms with Crippen molar-refractivity contribution >= 4 is 0 Å². The number of H-pyrrole nitrogens is 1. The summed E-state index contributed by atoms with van der Waals surface area (Å²) < 4.78 is 0. The molecule has 0 atom stereocenters.